The number of unbranched alkanes of at least 4 members (excludes halogenated alkanes) is 2. The lowest BCUT2D eigenvalue weighted by atomic mass is 9.98. The van der Waals surface area contributed by atoms with Crippen LogP contribution >= 0.6 is 0 Å². The van der Waals surface area contributed by atoms with Crippen LogP contribution in [0.3, 0.4) is 0 Å². The number of fused-ring (bicyclic) bond motifs is 1. The zero-order valence-corrected chi connectivity index (χ0v) is 15.4. The van der Waals surface area contributed by atoms with E-state index >= 15 is 0 Å². The molecular weight excluding hydrogens is 335 g/mol. The third kappa shape index (κ3) is 4.59. The van der Waals surface area contributed by atoms with Gasteiger partial charge in [-0.3, -0.25) is 18.7 Å². The summed E-state index contributed by atoms with van der Waals surface area (Å²) in [5.41, 5.74) is 6.59. The number of aryl methyl sites for hydroxylation is 1. The molecule has 142 valence electrons. The molecule has 2 atom stereocenters. The molecule has 0 aliphatic heterocycles. The molecule has 0 saturated carbocycles. The molecule has 0 aliphatic carbocycles. The molecule has 3 N–H and O–H groups in total. The highest BCUT2D eigenvalue weighted by molar-refractivity contribution is 6.06. The van der Waals surface area contributed by atoms with Gasteiger partial charge < -0.3 is 11.1 Å². The van der Waals surface area contributed by atoms with E-state index in [1.807, 2.05) is 38.1 Å². The van der Waals surface area contributed by atoms with Crippen molar-refractivity contribution in [1.29, 1.82) is 0 Å². The molecule has 1 aromatic carbocycles. The molecule has 26 heavy (non-hydrogen) atoms. The molecule has 0 fully saturated rings. The number of alkyl halides is 1. The largest absolute Gasteiger partial charge is 0.368 e. The second-order valence-electron chi connectivity index (χ2n) is 6.58. The van der Waals surface area contributed by atoms with Crippen LogP contribution in [0.25, 0.3) is 10.9 Å². The van der Waals surface area contributed by atoms with Crippen LogP contribution < -0.4 is 11.1 Å². The number of carbonyl (C=O) groups excluding carboxylic acids is 2. The zero-order valence-electron chi connectivity index (χ0n) is 15.4. The van der Waals surface area contributed by atoms with Gasteiger partial charge >= 0.3 is 0 Å². The summed E-state index contributed by atoms with van der Waals surface area (Å²) in [6.07, 6.45) is 2.67. The van der Waals surface area contributed by atoms with Gasteiger partial charge in [0.15, 0.2) is 0 Å². The van der Waals surface area contributed by atoms with Crippen LogP contribution in [0.15, 0.2) is 24.3 Å². The summed E-state index contributed by atoms with van der Waals surface area (Å²) in [5, 5.41) is 7.99. The average Bonchev–Trinajstić information content (AvgIpc) is 3.00. The number of primary amides is 1. The van der Waals surface area contributed by atoms with Gasteiger partial charge in [-0.1, -0.05) is 38.5 Å². The fraction of sp³-hybridized carbons (Fsp3) is 0.526. The second kappa shape index (κ2) is 9.31. The fourth-order valence-electron chi connectivity index (χ4n) is 2.95. The van der Waals surface area contributed by atoms with E-state index in [0.717, 1.165) is 24.6 Å². The van der Waals surface area contributed by atoms with Gasteiger partial charge in [0.05, 0.1) is 12.2 Å². The summed E-state index contributed by atoms with van der Waals surface area (Å²) in [7, 11) is 0. The van der Waals surface area contributed by atoms with E-state index in [1.54, 1.807) is 4.68 Å². The molecule has 6 nitrogen and oxygen atoms in total. The van der Waals surface area contributed by atoms with Crippen molar-refractivity contribution in [3.05, 3.63) is 30.0 Å². The normalized spacial score (nSPS) is 13.5. The van der Waals surface area contributed by atoms with Crippen LogP contribution in [-0.2, 0) is 11.3 Å². The monoisotopic (exact) mass is 362 g/mol. The molecule has 0 spiro atoms. The minimum absolute atomic E-state index is 0.0661. The van der Waals surface area contributed by atoms with E-state index in [2.05, 4.69) is 10.4 Å². The van der Waals surface area contributed by atoms with Crippen molar-refractivity contribution < 1.29 is 14.0 Å². The Labute approximate surface area is 152 Å². The number of amides is 2. The summed E-state index contributed by atoms with van der Waals surface area (Å²) >= 11 is 0. The number of hydrogen-bond acceptors (Lipinski definition) is 3. The summed E-state index contributed by atoms with van der Waals surface area (Å²) in [5.74, 6) is -0.983. The van der Waals surface area contributed by atoms with Crippen molar-refractivity contribution in [2.24, 2.45) is 11.7 Å². The Bertz CT molecular complexity index is 759. The SMILES string of the molecule is CC[C@@H](C)[C@H](NC(=O)c1c2ccccc2nn1CCCCCF)C(N)=O. The Morgan fingerprint density at radius 1 is 1.27 bits per heavy atom. The minimum atomic E-state index is -0.735. The molecule has 2 amide bonds. The molecule has 1 aromatic heterocycles. The van der Waals surface area contributed by atoms with Crippen LogP contribution in [-0.4, -0.2) is 34.3 Å². The first-order valence-corrected chi connectivity index (χ1v) is 9.11. The number of halogens is 1. The lowest BCUT2D eigenvalue weighted by Crippen LogP contribution is -2.48. The van der Waals surface area contributed by atoms with Crippen molar-refractivity contribution >= 4 is 22.7 Å². The molecule has 2 aromatic rings. The van der Waals surface area contributed by atoms with Gasteiger partial charge in [-0.15, -0.1) is 0 Å². The third-order valence-corrected chi connectivity index (χ3v) is 4.67. The summed E-state index contributed by atoms with van der Waals surface area (Å²) in [4.78, 5) is 24.7. The number of nitrogens with two attached hydrogens (primary N) is 1. The van der Waals surface area contributed by atoms with Crippen LogP contribution in [0.5, 0.6) is 0 Å². The van der Waals surface area contributed by atoms with Gasteiger partial charge in [0.2, 0.25) is 5.91 Å². The molecular formula is C19H27FN4O2. The highest BCUT2D eigenvalue weighted by Crippen LogP contribution is 2.20. The molecule has 1 heterocycles. The molecule has 0 saturated heterocycles. The maximum atomic E-state index is 12.9. The molecule has 0 radical (unpaired) electrons. The predicted molar refractivity (Wildman–Crippen MR) is 99.5 cm³/mol. The zero-order chi connectivity index (χ0) is 19.1. The molecule has 2 rings (SSSR count). The molecule has 7 heteroatoms. The Morgan fingerprint density at radius 2 is 2.00 bits per heavy atom. The van der Waals surface area contributed by atoms with E-state index in [4.69, 9.17) is 5.73 Å². The highest BCUT2D eigenvalue weighted by atomic mass is 19.1. The van der Waals surface area contributed by atoms with Crippen molar-refractivity contribution in [3.8, 4) is 0 Å². The lowest BCUT2D eigenvalue weighted by molar-refractivity contribution is -0.120. The van der Waals surface area contributed by atoms with E-state index < -0.39 is 11.9 Å². The molecule has 0 bridgehead atoms. The highest BCUT2D eigenvalue weighted by Gasteiger charge is 2.27. The quantitative estimate of drug-likeness (QED) is 0.637. The number of nitrogens with zero attached hydrogens (tertiary/aromatic N) is 2. The smallest absolute Gasteiger partial charge is 0.270 e. The summed E-state index contributed by atoms with van der Waals surface area (Å²) in [6.45, 7) is 3.99. The Morgan fingerprint density at radius 3 is 2.65 bits per heavy atom. The first kappa shape index (κ1) is 19.9. The Hall–Kier alpha value is -2.44. The van der Waals surface area contributed by atoms with Crippen molar-refractivity contribution in [2.45, 2.75) is 52.1 Å². The van der Waals surface area contributed by atoms with Crippen molar-refractivity contribution in [3.63, 3.8) is 0 Å². The first-order valence-electron chi connectivity index (χ1n) is 9.11. The minimum Gasteiger partial charge on any atom is -0.368 e. The standard InChI is InChI=1S/C19H27FN4O2/c1-3-13(2)16(18(21)25)22-19(26)17-14-9-5-6-10-15(14)23-24(17)12-8-4-7-11-20/h5-6,9-10,13,16H,3-4,7-8,11-12H2,1-2H3,(H2,21,25)(H,22,26)/t13-,16+/m1/s1. The van der Waals surface area contributed by atoms with Gasteiger partial charge in [0.1, 0.15) is 11.7 Å². The summed E-state index contributed by atoms with van der Waals surface area (Å²) in [6, 6.07) is 6.63. The van der Waals surface area contributed by atoms with Crippen LogP contribution in [0.1, 0.15) is 50.0 Å². The molecule has 0 unspecified atom stereocenters. The molecule has 0 aliphatic rings. The van der Waals surface area contributed by atoms with Crippen LogP contribution in [0, 0.1) is 5.92 Å². The van der Waals surface area contributed by atoms with E-state index in [0.29, 0.717) is 24.2 Å². The fourth-order valence-corrected chi connectivity index (χ4v) is 2.95. The number of hydrogen-bond donors (Lipinski definition) is 2. The maximum Gasteiger partial charge on any atom is 0.270 e. The van der Waals surface area contributed by atoms with E-state index in [1.165, 1.54) is 0 Å². The first-order chi connectivity index (χ1) is 12.5. The van der Waals surface area contributed by atoms with Gasteiger partial charge in [-0.05, 0) is 31.2 Å². The van der Waals surface area contributed by atoms with E-state index in [-0.39, 0.29) is 18.5 Å². The van der Waals surface area contributed by atoms with Gasteiger partial charge in [-0.25, -0.2) is 0 Å². The topological polar surface area (TPSA) is 90.0 Å². The Balaban J connectivity index is 2.30. The Kier molecular flexibility index (Phi) is 7.12. The summed E-state index contributed by atoms with van der Waals surface area (Å²) < 4.78 is 13.9. The predicted octanol–water partition coefficient (Wildman–Crippen LogP) is 2.81. The lowest BCUT2D eigenvalue weighted by Gasteiger charge is -2.21. The van der Waals surface area contributed by atoms with Crippen LogP contribution in [0.4, 0.5) is 4.39 Å². The number of carbonyl (C=O) groups is 2. The number of benzene rings is 1. The number of nitrogens with one attached hydrogen (secondary N) is 1. The van der Waals surface area contributed by atoms with Gasteiger partial charge in [0, 0.05) is 11.9 Å². The van der Waals surface area contributed by atoms with E-state index in [9.17, 15) is 14.0 Å². The van der Waals surface area contributed by atoms with Crippen molar-refractivity contribution in [2.75, 3.05) is 6.67 Å². The average molecular weight is 362 g/mol. The maximum absolute atomic E-state index is 12.9. The van der Waals surface area contributed by atoms with Crippen molar-refractivity contribution in [1.82, 2.24) is 15.1 Å². The second-order valence-corrected chi connectivity index (χ2v) is 6.58. The van der Waals surface area contributed by atoms with Gasteiger partial charge in [-0.2, -0.15) is 5.10 Å². The third-order valence-electron chi connectivity index (χ3n) is 4.67. The van der Waals surface area contributed by atoms with Crippen LogP contribution in [0.2, 0.25) is 0 Å². The van der Waals surface area contributed by atoms with Gasteiger partial charge in [0.25, 0.3) is 5.91 Å². The number of rotatable bonds is 10. The number of aromatic nitrogens is 2.